The number of anilines is 1. The van der Waals surface area contributed by atoms with Crippen LogP contribution in [0.5, 0.6) is 0 Å². The zero-order valence-electron chi connectivity index (χ0n) is 8.60. The summed E-state index contributed by atoms with van der Waals surface area (Å²) in [5.41, 5.74) is 7.49. The Morgan fingerprint density at radius 2 is 2.19 bits per heavy atom. The lowest BCUT2D eigenvalue weighted by Crippen LogP contribution is -1.92. The Labute approximate surface area is 91.2 Å². The molecule has 0 unspecified atom stereocenters. The zero-order chi connectivity index (χ0) is 11.7. The van der Waals surface area contributed by atoms with Gasteiger partial charge in [-0.2, -0.15) is 5.10 Å². The van der Waals surface area contributed by atoms with E-state index in [4.69, 9.17) is 5.73 Å². The molecule has 1 heterocycles. The number of nitrogens with one attached hydrogen (secondary N) is 1. The number of hydrogen-bond donors (Lipinski definition) is 2. The van der Waals surface area contributed by atoms with Gasteiger partial charge in [0.1, 0.15) is 5.82 Å². The summed E-state index contributed by atoms with van der Waals surface area (Å²) in [4.78, 5) is 10.4. The van der Waals surface area contributed by atoms with E-state index in [1.165, 1.54) is 6.07 Å². The Morgan fingerprint density at radius 1 is 1.44 bits per heavy atom. The lowest BCUT2D eigenvalue weighted by Gasteiger charge is -2.01. The largest absolute Gasteiger partial charge is 0.382 e. The number of rotatable bonds is 2. The predicted octanol–water partition coefficient (Wildman–Crippen LogP) is 1.88. The second-order valence-electron chi connectivity index (χ2n) is 3.48. The lowest BCUT2D eigenvalue weighted by molar-refractivity contribution is -0.384. The van der Waals surface area contributed by atoms with Crippen LogP contribution in [-0.2, 0) is 0 Å². The molecule has 0 spiro atoms. The summed E-state index contributed by atoms with van der Waals surface area (Å²) in [5, 5.41) is 17.3. The summed E-state index contributed by atoms with van der Waals surface area (Å²) in [5.74, 6) is 0.311. The standard InChI is InChI=1S/C10H10N4O2/c1-6-2-3-9(14(15)16)7(4-6)8-5-10(11)13-12-8/h2-5H,1H3,(H3,11,12,13). The second kappa shape index (κ2) is 3.65. The van der Waals surface area contributed by atoms with Crippen molar-refractivity contribution < 1.29 is 4.92 Å². The minimum atomic E-state index is -0.425. The smallest absolute Gasteiger partial charge is 0.278 e. The van der Waals surface area contributed by atoms with Crippen LogP contribution in [0.25, 0.3) is 11.3 Å². The summed E-state index contributed by atoms with van der Waals surface area (Å²) in [6.45, 7) is 1.87. The Bertz CT molecular complexity index is 548. The maximum atomic E-state index is 10.9. The van der Waals surface area contributed by atoms with E-state index in [0.29, 0.717) is 17.1 Å². The van der Waals surface area contributed by atoms with Crippen molar-refractivity contribution >= 4 is 11.5 Å². The first-order chi connectivity index (χ1) is 7.58. The average Bonchev–Trinajstić information content (AvgIpc) is 2.64. The highest BCUT2D eigenvalue weighted by Crippen LogP contribution is 2.29. The molecule has 0 aliphatic rings. The summed E-state index contributed by atoms with van der Waals surface area (Å²) in [7, 11) is 0. The number of aryl methyl sites for hydroxylation is 1. The number of H-pyrrole nitrogens is 1. The van der Waals surface area contributed by atoms with Gasteiger partial charge in [0.2, 0.25) is 0 Å². The summed E-state index contributed by atoms with van der Waals surface area (Å²) in [6, 6.07) is 6.47. The van der Waals surface area contributed by atoms with Crippen LogP contribution in [-0.4, -0.2) is 15.1 Å². The van der Waals surface area contributed by atoms with Crippen LogP contribution >= 0.6 is 0 Å². The number of nitrogens with two attached hydrogens (primary N) is 1. The predicted molar refractivity (Wildman–Crippen MR) is 59.8 cm³/mol. The Morgan fingerprint density at radius 3 is 2.75 bits per heavy atom. The number of nitrogens with zero attached hydrogens (tertiary/aromatic N) is 2. The molecule has 0 bridgehead atoms. The van der Waals surface area contributed by atoms with Crippen LogP contribution in [0.15, 0.2) is 24.3 Å². The zero-order valence-corrected chi connectivity index (χ0v) is 8.60. The van der Waals surface area contributed by atoms with Crippen molar-refractivity contribution in [1.29, 1.82) is 0 Å². The van der Waals surface area contributed by atoms with Gasteiger partial charge in [0.05, 0.1) is 16.2 Å². The maximum Gasteiger partial charge on any atom is 0.278 e. The highest BCUT2D eigenvalue weighted by atomic mass is 16.6. The number of hydrogen-bond acceptors (Lipinski definition) is 4. The van der Waals surface area contributed by atoms with Crippen molar-refractivity contribution in [3.63, 3.8) is 0 Å². The molecule has 1 aromatic carbocycles. The third-order valence-corrected chi connectivity index (χ3v) is 2.24. The molecule has 0 saturated carbocycles. The van der Waals surface area contributed by atoms with Crippen molar-refractivity contribution in [1.82, 2.24) is 10.2 Å². The van der Waals surface area contributed by atoms with Crippen LogP contribution in [0.2, 0.25) is 0 Å². The molecule has 6 heteroatoms. The van der Waals surface area contributed by atoms with Gasteiger partial charge in [-0.3, -0.25) is 15.2 Å². The molecule has 0 fully saturated rings. The molecular weight excluding hydrogens is 208 g/mol. The topological polar surface area (TPSA) is 97.8 Å². The molecular formula is C10H10N4O2. The van der Waals surface area contributed by atoms with Crippen LogP contribution in [0, 0.1) is 17.0 Å². The molecule has 1 aromatic heterocycles. The van der Waals surface area contributed by atoms with Crippen molar-refractivity contribution in [3.8, 4) is 11.3 Å². The van der Waals surface area contributed by atoms with Crippen molar-refractivity contribution in [3.05, 3.63) is 39.9 Å². The molecule has 0 atom stereocenters. The summed E-state index contributed by atoms with van der Waals surface area (Å²) >= 11 is 0. The fraction of sp³-hybridized carbons (Fsp3) is 0.100. The minimum absolute atomic E-state index is 0.0363. The maximum absolute atomic E-state index is 10.9. The van der Waals surface area contributed by atoms with E-state index >= 15 is 0 Å². The Kier molecular flexibility index (Phi) is 2.32. The van der Waals surface area contributed by atoms with E-state index in [9.17, 15) is 10.1 Å². The van der Waals surface area contributed by atoms with Gasteiger partial charge < -0.3 is 5.73 Å². The third-order valence-electron chi connectivity index (χ3n) is 2.24. The molecule has 3 N–H and O–H groups in total. The fourth-order valence-electron chi connectivity index (χ4n) is 1.50. The molecule has 82 valence electrons. The first-order valence-electron chi connectivity index (χ1n) is 4.64. The number of aromatic nitrogens is 2. The number of nitro benzene ring substituents is 1. The van der Waals surface area contributed by atoms with Crippen molar-refractivity contribution in [2.45, 2.75) is 6.92 Å². The van der Waals surface area contributed by atoms with E-state index in [-0.39, 0.29) is 5.69 Å². The van der Waals surface area contributed by atoms with Crippen molar-refractivity contribution in [2.75, 3.05) is 5.73 Å². The van der Waals surface area contributed by atoms with Crippen molar-refractivity contribution in [2.24, 2.45) is 0 Å². The van der Waals surface area contributed by atoms with Gasteiger partial charge in [0.15, 0.2) is 0 Å². The van der Waals surface area contributed by atoms with Gasteiger partial charge in [-0.15, -0.1) is 0 Å². The molecule has 0 aliphatic heterocycles. The number of aromatic amines is 1. The Hall–Kier alpha value is -2.37. The van der Waals surface area contributed by atoms with Gasteiger partial charge in [0.25, 0.3) is 5.69 Å². The fourth-order valence-corrected chi connectivity index (χ4v) is 1.50. The Balaban J connectivity index is 2.62. The lowest BCUT2D eigenvalue weighted by atomic mass is 10.1. The van der Waals surface area contributed by atoms with Crippen LogP contribution in [0.1, 0.15) is 5.56 Å². The van der Waals surface area contributed by atoms with E-state index in [2.05, 4.69) is 10.2 Å². The molecule has 0 saturated heterocycles. The SMILES string of the molecule is Cc1ccc([N+](=O)[O-])c(-c2cc(N)n[nH]2)c1. The number of nitrogen functional groups attached to an aromatic ring is 1. The van der Waals surface area contributed by atoms with Crippen LogP contribution in [0.4, 0.5) is 11.5 Å². The molecule has 0 aliphatic carbocycles. The number of nitro groups is 1. The van der Waals surface area contributed by atoms with Gasteiger partial charge >= 0.3 is 0 Å². The molecule has 2 aromatic rings. The monoisotopic (exact) mass is 218 g/mol. The quantitative estimate of drug-likeness (QED) is 0.593. The van der Waals surface area contributed by atoms with Gasteiger partial charge in [-0.05, 0) is 18.6 Å². The average molecular weight is 218 g/mol. The van der Waals surface area contributed by atoms with E-state index in [0.717, 1.165) is 5.56 Å². The molecule has 0 radical (unpaired) electrons. The van der Waals surface area contributed by atoms with E-state index in [1.807, 2.05) is 6.92 Å². The first-order valence-corrected chi connectivity index (χ1v) is 4.64. The van der Waals surface area contributed by atoms with Gasteiger partial charge in [-0.1, -0.05) is 6.07 Å². The third kappa shape index (κ3) is 1.72. The first kappa shape index (κ1) is 10.2. The van der Waals surface area contributed by atoms with Gasteiger partial charge in [0, 0.05) is 12.1 Å². The van der Waals surface area contributed by atoms with E-state index in [1.54, 1.807) is 18.2 Å². The highest BCUT2D eigenvalue weighted by Gasteiger charge is 2.16. The normalized spacial score (nSPS) is 10.3. The molecule has 16 heavy (non-hydrogen) atoms. The molecule has 0 amide bonds. The summed E-state index contributed by atoms with van der Waals surface area (Å²) in [6.07, 6.45) is 0. The van der Waals surface area contributed by atoms with E-state index < -0.39 is 4.92 Å². The van der Waals surface area contributed by atoms with Crippen LogP contribution in [0.3, 0.4) is 0 Å². The molecule has 6 nitrogen and oxygen atoms in total. The van der Waals surface area contributed by atoms with Crippen LogP contribution < -0.4 is 5.73 Å². The molecule has 2 rings (SSSR count). The highest BCUT2D eigenvalue weighted by molar-refractivity contribution is 5.72. The second-order valence-corrected chi connectivity index (χ2v) is 3.48. The summed E-state index contributed by atoms with van der Waals surface area (Å²) < 4.78 is 0. The number of benzene rings is 1. The minimum Gasteiger partial charge on any atom is -0.382 e. The van der Waals surface area contributed by atoms with Gasteiger partial charge in [-0.25, -0.2) is 0 Å².